The third kappa shape index (κ3) is 3.05. The maximum Gasteiger partial charge on any atom is 0.168 e. The van der Waals surface area contributed by atoms with Gasteiger partial charge in [0, 0.05) is 36.8 Å². The fourth-order valence-corrected chi connectivity index (χ4v) is 2.59. The Bertz CT molecular complexity index is 915. The predicted octanol–water partition coefficient (Wildman–Crippen LogP) is 3.95. The Morgan fingerprint density at radius 3 is 2.67 bits per heavy atom. The summed E-state index contributed by atoms with van der Waals surface area (Å²) in [7, 11) is 0. The highest BCUT2D eigenvalue weighted by atomic mass is 35.5. The zero-order valence-electron chi connectivity index (χ0n) is 12.7. The van der Waals surface area contributed by atoms with Gasteiger partial charge < -0.3 is 5.73 Å². The number of anilines is 1. The average Bonchev–Trinajstić information content (AvgIpc) is 2.54. The first-order chi connectivity index (χ1) is 11.5. The van der Waals surface area contributed by atoms with Gasteiger partial charge in [-0.05, 0) is 35.7 Å². The largest absolute Gasteiger partial charge is 0.381 e. The third-order valence-corrected chi connectivity index (χ3v) is 3.97. The number of aromatic nitrogens is 3. The summed E-state index contributed by atoms with van der Waals surface area (Å²) in [4.78, 5) is 11.9. The minimum atomic E-state index is -0.557. The van der Waals surface area contributed by atoms with Crippen molar-refractivity contribution in [1.29, 1.82) is 0 Å². The molecule has 122 valence electrons. The number of pyridine rings is 3. The maximum atomic E-state index is 14.1. The zero-order chi connectivity index (χ0) is 17.3. The molecule has 0 fully saturated rings. The molecule has 0 aliphatic rings. The van der Waals surface area contributed by atoms with E-state index in [1.807, 2.05) is 6.92 Å². The molecule has 4 nitrogen and oxygen atoms in total. The van der Waals surface area contributed by atoms with Gasteiger partial charge in [-0.25, -0.2) is 13.8 Å². The van der Waals surface area contributed by atoms with Crippen LogP contribution in [0.1, 0.15) is 16.7 Å². The number of nitrogen functional groups attached to an aromatic ring is 1. The summed E-state index contributed by atoms with van der Waals surface area (Å²) in [5, 5.41) is 0.215. The first-order valence-corrected chi connectivity index (χ1v) is 7.49. The standard InChI is InChI=1S/C17H13ClF2N4/c1-9-11(4-10-2-3-23-17(21)15(10)20)6-22-8-13(9)16-14(19)5-12(18)7-24-16/h2-3,5-8H,4H2,1H3,(H2,21,23). The number of hydrogen-bond donors (Lipinski definition) is 1. The maximum absolute atomic E-state index is 14.1. The number of halogens is 3. The summed E-state index contributed by atoms with van der Waals surface area (Å²) in [6.45, 7) is 1.81. The van der Waals surface area contributed by atoms with Crippen molar-refractivity contribution in [1.82, 2.24) is 15.0 Å². The van der Waals surface area contributed by atoms with Crippen molar-refractivity contribution in [3.05, 3.63) is 70.3 Å². The summed E-state index contributed by atoms with van der Waals surface area (Å²) in [6, 6.07) is 2.75. The summed E-state index contributed by atoms with van der Waals surface area (Å²) in [5.74, 6) is -1.25. The molecule has 0 spiro atoms. The highest BCUT2D eigenvalue weighted by molar-refractivity contribution is 6.30. The van der Waals surface area contributed by atoms with E-state index in [0.29, 0.717) is 11.1 Å². The van der Waals surface area contributed by atoms with Crippen LogP contribution in [0.25, 0.3) is 11.3 Å². The molecule has 0 aliphatic carbocycles. The number of nitrogens with two attached hydrogens (primary N) is 1. The van der Waals surface area contributed by atoms with E-state index >= 15 is 0 Å². The van der Waals surface area contributed by atoms with Gasteiger partial charge in [0.15, 0.2) is 17.5 Å². The van der Waals surface area contributed by atoms with Crippen molar-refractivity contribution in [3.63, 3.8) is 0 Å². The van der Waals surface area contributed by atoms with Crippen molar-refractivity contribution in [2.75, 3.05) is 5.73 Å². The van der Waals surface area contributed by atoms with Crippen LogP contribution in [0.3, 0.4) is 0 Å². The molecule has 0 saturated carbocycles. The van der Waals surface area contributed by atoms with Crippen molar-refractivity contribution in [3.8, 4) is 11.3 Å². The Kier molecular flexibility index (Phi) is 4.40. The molecule has 0 bridgehead atoms. The number of rotatable bonds is 3. The molecule has 0 aliphatic heterocycles. The first-order valence-electron chi connectivity index (χ1n) is 7.11. The molecule has 0 radical (unpaired) electrons. The highest BCUT2D eigenvalue weighted by Gasteiger charge is 2.15. The van der Waals surface area contributed by atoms with E-state index < -0.39 is 11.6 Å². The van der Waals surface area contributed by atoms with Gasteiger partial charge in [-0.2, -0.15) is 0 Å². The van der Waals surface area contributed by atoms with E-state index in [4.69, 9.17) is 17.3 Å². The molecule has 0 aromatic carbocycles. The molecule has 3 aromatic heterocycles. The van der Waals surface area contributed by atoms with E-state index in [9.17, 15) is 8.78 Å². The molecule has 0 saturated heterocycles. The van der Waals surface area contributed by atoms with Gasteiger partial charge in [-0.3, -0.25) is 9.97 Å². The van der Waals surface area contributed by atoms with Crippen LogP contribution in [0, 0.1) is 18.6 Å². The molecule has 3 heterocycles. The second-order valence-electron chi connectivity index (χ2n) is 5.30. The monoisotopic (exact) mass is 346 g/mol. The Labute approximate surface area is 142 Å². The summed E-state index contributed by atoms with van der Waals surface area (Å²) < 4.78 is 28.2. The minimum Gasteiger partial charge on any atom is -0.381 e. The summed E-state index contributed by atoms with van der Waals surface area (Å²) >= 11 is 5.74. The van der Waals surface area contributed by atoms with Gasteiger partial charge in [0.1, 0.15) is 5.69 Å². The predicted molar refractivity (Wildman–Crippen MR) is 88.6 cm³/mol. The fraction of sp³-hybridized carbons (Fsp3) is 0.118. The number of nitrogens with zero attached hydrogens (tertiary/aromatic N) is 3. The van der Waals surface area contributed by atoms with E-state index in [1.54, 1.807) is 12.3 Å². The van der Waals surface area contributed by atoms with Crippen LogP contribution >= 0.6 is 11.6 Å². The molecule has 0 unspecified atom stereocenters. The van der Waals surface area contributed by atoms with Gasteiger partial charge in [-0.15, -0.1) is 0 Å². The SMILES string of the molecule is Cc1c(Cc2ccnc(N)c2F)cncc1-c1ncc(Cl)cc1F. The molecular weight excluding hydrogens is 334 g/mol. The van der Waals surface area contributed by atoms with E-state index in [2.05, 4.69) is 15.0 Å². The van der Waals surface area contributed by atoms with Gasteiger partial charge >= 0.3 is 0 Å². The van der Waals surface area contributed by atoms with E-state index in [-0.39, 0.29) is 23.0 Å². The van der Waals surface area contributed by atoms with Crippen LogP contribution in [0.2, 0.25) is 5.02 Å². The number of hydrogen-bond acceptors (Lipinski definition) is 4. The summed E-state index contributed by atoms with van der Waals surface area (Å²) in [5.41, 5.74) is 8.08. The summed E-state index contributed by atoms with van der Waals surface area (Å²) in [6.07, 6.45) is 6.22. The van der Waals surface area contributed by atoms with Crippen LogP contribution in [0.15, 0.2) is 36.9 Å². The lowest BCUT2D eigenvalue weighted by Gasteiger charge is -2.12. The van der Waals surface area contributed by atoms with Crippen LogP contribution in [-0.4, -0.2) is 15.0 Å². The quantitative estimate of drug-likeness (QED) is 0.779. The molecule has 3 rings (SSSR count). The molecular formula is C17H13ClF2N4. The topological polar surface area (TPSA) is 64.7 Å². The van der Waals surface area contributed by atoms with E-state index in [1.165, 1.54) is 24.7 Å². The van der Waals surface area contributed by atoms with Gasteiger partial charge in [0.25, 0.3) is 0 Å². The molecule has 7 heteroatoms. The van der Waals surface area contributed by atoms with Crippen molar-refractivity contribution < 1.29 is 8.78 Å². The van der Waals surface area contributed by atoms with Gasteiger partial charge in [0.2, 0.25) is 0 Å². The zero-order valence-corrected chi connectivity index (χ0v) is 13.5. The molecule has 0 amide bonds. The van der Waals surface area contributed by atoms with E-state index in [0.717, 1.165) is 11.1 Å². The lowest BCUT2D eigenvalue weighted by molar-refractivity contribution is 0.613. The normalized spacial score (nSPS) is 10.8. The first kappa shape index (κ1) is 16.3. The smallest absolute Gasteiger partial charge is 0.168 e. The minimum absolute atomic E-state index is 0.153. The van der Waals surface area contributed by atoms with Crippen molar-refractivity contribution in [2.24, 2.45) is 0 Å². The lowest BCUT2D eigenvalue weighted by atomic mass is 9.98. The van der Waals surface area contributed by atoms with Gasteiger partial charge in [-0.1, -0.05) is 11.6 Å². The van der Waals surface area contributed by atoms with Crippen LogP contribution < -0.4 is 5.73 Å². The van der Waals surface area contributed by atoms with Crippen LogP contribution in [-0.2, 0) is 6.42 Å². The molecule has 0 atom stereocenters. The Hall–Kier alpha value is -2.60. The average molecular weight is 347 g/mol. The molecule has 2 N–H and O–H groups in total. The fourth-order valence-electron chi connectivity index (χ4n) is 2.44. The lowest BCUT2D eigenvalue weighted by Crippen LogP contribution is -2.03. The molecule has 24 heavy (non-hydrogen) atoms. The molecule has 3 aromatic rings. The Morgan fingerprint density at radius 2 is 1.92 bits per heavy atom. The van der Waals surface area contributed by atoms with Crippen LogP contribution in [0.4, 0.5) is 14.6 Å². The van der Waals surface area contributed by atoms with Gasteiger partial charge in [0.05, 0.1) is 5.02 Å². The van der Waals surface area contributed by atoms with Crippen LogP contribution in [0.5, 0.6) is 0 Å². The van der Waals surface area contributed by atoms with Crippen molar-refractivity contribution >= 4 is 17.4 Å². The second-order valence-corrected chi connectivity index (χ2v) is 5.74. The Balaban J connectivity index is 2.04. The highest BCUT2D eigenvalue weighted by Crippen LogP contribution is 2.28. The Morgan fingerprint density at radius 1 is 1.12 bits per heavy atom. The second kappa shape index (κ2) is 6.49. The van der Waals surface area contributed by atoms with Crippen molar-refractivity contribution in [2.45, 2.75) is 13.3 Å². The third-order valence-electron chi connectivity index (χ3n) is 3.76.